The van der Waals surface area contributed by atoms with Crippen LogP contribution in [0.15, 0.2) is 36.7 Å². The first-order valence-corrected chi connectivity index (χ1v) is 9.39. The number of amides is 2. The van der Waals surface area contributed by atoms with Gasteiger partial charge in [0.1, 0.15) is 5.75 Å². The van der Waals surface area contributed by atoms with Crippen molar-refractivity contribution >= 4 is 35.1 Å². The molecule has 1 aliphatic rings. The average Bonchev–Trinajstić information content (AvgIpc) is 2.73. The maximum Gasteiger partial charge on any atom is 0.313 e. The van der Waals surface area contributed by atoms with Crippen LogP contribution in [0, 0.1) is 5.92 Å². The Hall–Kier alpha value is -2.87. The summed E-state index contributed by atoms with van der Waals surface area (Å²) < 4.78 is 5.16. The van der Waals surface area contributed by atoms with Crippen molar-refractivity contribution in [3.63, 3.8) is 0 Å². The monoisotopic (exact) mass is 403 g/mol. The highest BCUT2D eigenvalue weighted by Crippen LogP contribution is 2.27. The van der Waals surface area contributed by atoms with Crippen molar-refractivity contribution in [1.29, 1.82) is 0 Å². The van der Waals surface area contributed by atoms with E-state index in [4.69, 9.17) is 16.3 Å². The largest absolute Gasteiger partial charge is 0.495 e. The summed E-state index contributed by atoms with van der Waals surface area (Å²) in [5.41, 5.74) is 0.353. The topological polar surface area (TPSA) is 96.4 Å². The van der Waals surface area contributed by atoms with E-state index in [0.717, 1.165) is 31.9 Å². The minimum atomic E-state index is -0.754. The lowest BCUT2D eigenvalue weighted by molar-refractivity contribution is -0.136. The summed E-state index contributed by atoms with van der Waals surface area (Å²) >= 11 is 5.94. The van der Waals surface area contributed by atoms with Gasteiger partial charge in [0.25, 0.3) is 0 Å². The van der Waals surface area contributed by atoms with Gasteiger partial charge in [-0.3, -0.25) is 9.59 Å². The van der Waals surface area contributed by atoms with Gasteiger partial charge in [-0.25, -0.2) is 9.97 Å². The van der Waals surface area contributed by atoms with E-state index in [9.17, 15) is 9.59 Å². The number of anilines is 2. The fourth-order valence-electron chi connectivity index (χ4n) is 3.07. The molecule has 0 bridgehead atoms. The molecule has 8 nitrogen and oxygen atoms in total. The Bertz CT molecular complexity index is 826. The zero-order chi connectivity index (χ0) is 19.9. The molecule has 1 aromatic heterocycles. The van der Waals surface area contributed by atoms with Crippen LogP contribution in [0.3, 0.4) is 0 Å². The molecule has 0 radical (unpaired) electrons. The third-order valence-corrected chi connectivity index (χ3v) is 4.85. The van der Waals surface area contributed by atoms with Crippen LogP contribution in [0.1, 0.15) is 12.8 Å². The number of ether oxygens (including phenoxy) is 1. The number of nitrogens with one attached hydrogen (secondary N) is 2. The van der Waals surface area contributed by atoms with Gasteiger partial charge in [0.05, 0.1) is 12.8 Å². The molecule has 2 aromatic rings. The van der Waals surface area contributed by atoms with Crippen molar-refractivity contribution in [2.24, 2.45) is 5.92 Å². The van der Waals surface area contributed by atoms with Crippen LogP contribution < -0.4 is 20.3 Å². The molecule has 2 N–H and O–H groups in total. The van der Waals surface area contributed by atoms with Crippen LogP contribution in [0.4, 0.5) is 11.6 Å². The van der Waals surface area contributed by atoms with Gasteiger partial charge in [0, 0.05) is 37.1 Å². The smallest absolute Gasteiger partial charge is 0.313 e. The van der Waals surface area contributed by atoms with Gasteiger partial charge in [0.2, 0.25) is 5.95 Å². The molecule has 0 aliphatic carbocycles. The molecular formula is C19H22ClN5O3. The SMILES string of the molecule is COc1ccc(Cl)cc1NC(=O)C(=O)NCC1CCN(c2ncccn2)CC1. The van der Waals surface area contributed by atoms with Gasteiger partial charge >= 0.3 is 11.8 Å². The Morgan fingerprint density at radius 3 is 2.61 bits per heavy atom. The minimum Gasteiger partial charge on any atom is -0.495 e. The number of hydrogen-bond donors (Lipinski definition) is 2. The summed E-state index contributed by atoms with van der Waals surface area (Å²) in [6, 6.07) is 6.59. The van der Waals surface area contributed by atoms with E-state index in [2.05, 4.69) is 25.5 Å². The first-order valence-electron chi connectivity index (χ1n) is 9.01. The van der Waals surface area contributed by atoms with Gasteiger partial charge < -0.3 is 20.3 Å². The molecule has 1 aromatic carbocycles. The molecular weight excluding hydrogens is 382 g/mol. The number of aromatic nitrogens is 2. The standard InChI is InChI=1S/C19H22ClN5O3/c1-28-16-4-3-14(20)11-15(16)24-18(27)17(26)23-12-13-5-9-25(10-6-13)19-21-7-2-8-22-19/h2-4,7-8,11,13H,5-6,9-10,12H2,1H3,(H,23,26)(H,24,27). The molecule has 148 valence electrons. The summed E-state index contributed by atoms with van der Waals surface area (Å²) in [5, 5.41) is 5.67. The molecule has 0 unspecified atom stereocenters. The summed E-state index contributed by atoms with van der Waals surface area (Å²) in [7, 11) is 1.48. The Kier molecular flexibility index (Phi) is 6.65. The van der Waals surface area contributed by atoms with E-state index in [1.54, 1.807) is 30.6 Å². The van der Waals surface area contributed by atoms with Crippen molar-refractivity contribution < 1.29 is 14.3 Å². The lowest BCUT2D eigenvalue weighted by Gasteiger charge is -2.31. The Morgan fingerprint density at radius 2 is 1.93 bits per heavy atom. The summed E-state index contributed by atoms with van der Waals surface area (Å²) in [4.78, 5) is 34.9. The second-order valence-electron chi connectivity index (χ2n) is 6.49. The van der Waals surface area contributed by atoms with Crippen LogP contribution >= 0.6 is 11.6 Å². The first-order chi connectivity index (χ1) is 13.6. The molecule has 1 saturated heterocycles. The quantitative estimate of drug-likeness (QED) is 0.742. The average molecular weight is 404 g/mol. The van der Waals surface area contributed by atoms with Gasteiger partial charge in [-0.2, -0.15) is 0 Å². The fraction of sp³-hybridized carbons (Fsp3) is 0.368. The molecule has 0 atom stereocenters. The van der Waals surface area contributed by atoms with E-state index in [0.29, 0.717) is 28.9 Å². The fourth-order valence-corrected chi connectivity index (χ4v) is 3.24. The Labute approximate surface area is 168 Å². The van der Waals surface area contributed by atoms with Gasteiger partial charge in [-0.1, -0.05) is 11.6 Å². The Morgan fingerprint density at radius 1 is 1.21 bits per heavy atom. The van der Waals surface area contributed by atoms with Crippen LogP contribution in [0.5, 0.6) is 5.75 Å². The van der Waals surface area contributed by atoms with E-state index in [1.807, 2.05) is 0 Å². The third-order valence-electron chi connectivity index (χ3n) is 4.62. The summed E-state index contributed by atoms with van der Waals surface area (Å²) in [5.74, 6) is 0.0184. The first kappa shape index (κ1) is 19.9. The zero-order valence-corrected chi connectivity index (χ0v) is 16.3. The van der Waals surface area contributed by atoms with E-state index in [1.165, 1.54) is 13.2 Å². The van der Waals surface area contributed by atoms with E-state index in [-0.39, 0.29) is 0 Å². The zero-order valence-electron chi connectivity index (χ0n) is 15.5. The van der Waals surface area contributed by atoms with Crippen LogP contribution in [0.2, 0.25) is 5.02 Å². The number of rotatable bonds is 5. The number of carbonyl (C=O) groups excluding carboxylic acids is 2. The minimum absolute atomic E-state index is 0.303. The highest BCUT2D eigenvalue weighted by Gasteiger charge is 2.23. The highest BCUT2D eigenvalue weighted by molar-refractivity contribution is 6.40. The predicted octanol–water partition coefficient (Wildman–Crippen LogP) is 2.11. The number of halogens is 1. The number of benzene rings is 1. The van der Waals surface area contributed by atoms with Crippen molar-refractivity contribution in [2.75, 3.05) is 37.0 Å². The van der Waals surface area contributed by atoms with Crippen LogP contribution in [0.25, 0.3) is 0 Å². The molecule has 0 saturated carbocycles. The number of nitrogens with zero attached hydrogens (tertiary/aromatic N) is 3. The van der Waals surface area contributed by atoms with Crippen molar-refractivity contribution in [3.8, 4) is 5.75 Å². The summed E-state index contributed by atoms with van der Waals surface area (Å²) in [6.45, 7) is 2.08. The van der Waals surface area contributed by atoms with Crippen LogP contribution in [-0.2, 0) is 9.59 Å². The van der Waals surface area contributed by atoms with E-state index < -0.39 is 11.8 Å². The second kappa shape index (κ2) is 9.36. The normalized spacial score (nSPS) is 14.4. The summed E-state index contributed by atoms with van der Waals surface area (Å²) in [6.07, 6.45) is 5.23. The molecule has 2 heterocycles. The molecule has 0 spiro atoms. The van der Waals surface area contributed by atoms with Crippen molar-refractivity contribution in [3.05, 3.63) is 41.7 Å². The number of methoxy groups -OCH3 is 1. The van der Waals surface area contributed by atoms with Crippen molar-refractivity contribution in [2.45, 2.75) is 12.8 Å². The number of carbonyl (C=O) groups is 2. The Balaban J connectivity index is 1.46. The maximum absolute atomic E-state index is 12.2. The van der Waals surface area contributed by atoms with Crippen LogP contribution in [-0.4, -0.2) is 48.5 Å². The highest BCUT2D eigenvalue weighted by atomic mass is 35.5. The molecule has 2 amide bonds. The maximum atomic E-state index is 12.2. The van der Waals surface area contributed by atoms with Gasteiger partial charge in [-0.15, -0.1) is 0 Å². The second-order valence-corrected chi connectivity index (χ2v) is 6.92. The molecule has 1 aliphatic heterocycles. The molecule has 3 rings (SSSR count). The lowest BCUT2D eigenvalue weighted by atomic mass is 9.97. The van der Waals surface area contributed by atoms with Crippen molar-refractivity contribution in [1.82, 2.24) is 15.3 Å². The van der Waals surface area contributed by atoms with Gasteiger partial charge in [0.15, 0.2) is 0 Å². The third kappa shape index (κ3) is 5.10. The van der Waals surface area contributed by atoms with Gasteiger partial charge in [-0.05, 0) is 43.0 Å². The lowest BCUT2D eigenvalue weighted by Crippen LogP contribution is -2.42. The number of hydrogen-bond acceptors (Lipinski definition) is 6. The number of piperidine rings is 1. The predicted molar refractivity (Wildman–Crippen MR) is 107 cm³/mol. The molecule has 9 heteroatoms. The molecule has 28 heavy (non-hydrogen) atoms. The van der Waals surface area contributed by atoms with E-state index >= 15 is 0 Å². The molecule has 1 fully saturated rings.